The van der Waals surface area contributed by atoms with Crippen LogP contribution in [-0.2, 0) is 32.5 Å². The van der Waals surface area contributed by atoms with Gasteiger partial charge in [0.2, 0.25) is 0 Å². The van der Waals surface area contributed by atoms with Crippen LogP contribution in [0.3, 0.4) is 0 Å². The summed E-state index contributed by atoms with van der Waals surface area (Å²) >= 11 is 0. The third kappa shape index (κ3) is 15.9. The molecule has 0 radical (unpaired) electrons. The van der Waals surface area contributed by atoms with Crippen LogP contribution in [0.25, 0.3) is 10.6 Å². The zero-order chi connectivity index (χ0) is 21.0. The molecule has 0 aromatic carbocycles. The summed E-state index contributed by atoms with van der Waals surface area (Å²) in [5.74, 6) is 0. The van der Waals surface area contributed by atoms with Gasteiger partial charge in [-0.2, -0.15) is 28.2 Å². The van der Waals surface area contributed by atoms with E-state index in [1.165, 1.54) is 17.1 Å². The second-order valence-electron chi connectivity index (χ2n) is 8.32. The number of rotatable bonds is 0. The Balaban J connectivity index is -0.000000347. The predicted molar refractivity (Wildman–Crippen MR) is 117 cm³/mol. The van der Waals surface area contributed by atoms with Gasteiger partial charge in [0.05, 0.1) is 0 Å². The van der Waals surface area contributed by atoms with E-state index in [1.54, 1.807) is 28.2 Å². The molecule has 2 aromatic heterocycles. The summed E-state index contributed by atoms with van der Waals surface area (Å²) in [6.07, 6.45) is 0. The third-order valence-corrected chi connectivity index (χ3v) is 3.07. The van der Waals surface area contributed by atoms with Crippen LogP contribution in [-0.4, -0.2) is 38.2 Å². The molecule has 27 heavy (non-hydrogen) atoms. The van der Waals surface area contributed by atoms with Crippen LogP contribution in [0.4, 0.5) is 0 Å². The number of nitrogens with one attached hydrogen (secondary N) is 2. The van der Waals surface area contributed by atoms with Gasteiger partial charge in [0.15, 0.2) is 0 Å². The van der Waals surface area contributed by atoms with Gasteiger partial charge in [0, 0.05) is 0 Å². The molecule has 0 aliphatic heterocycles. The van der Waals surface area contributed by atoms with E-state index in [1.807, 2.05) is 19.9 Å². The van der Waals surface area contributed by atoms with Gasteiger partial charge in [-0.3, -0.25) is 0 Å². The Labute approximate surface area is 183 Å². The number of H-pyrrole nitrogens is 2. The van der Waals surface area contributed by atoms with Gasteiger partial charge in [0.1, 0.15) is 0 Å². The van der Waals surface area contributed by atoms with E-state index in [0.717, 1.165) is 5.69 Å². The summed E-state index contributed by atoms with van der Waals surface area (Å²) in [6.45, 7) is 17.2. The molecule has 0 aliphatic carbocycles. The van der Waals surface area contributed by atoms with Crippen LogP contribution in [0.5, 0.6) is 0 Å². The largest absolute Gasteiger partial charge is 4.00 e. The van der Waals surface area contributed by atoms with Crippen LogP contribution in [0.15, 0.2) is 12.1 Å². The maximum Gasteiger partial charge on any atom is 4.00 e. The number of hydrogen-bond donors (Lipinski definition) is 2. The first-order valence-electron chi connectivity index (χ1n) is 8.94. The molecular weight excluding hydrogens is 368 g/mol. The second-order valence-corrected chi connectivity index (χ2v) is 8.32. The van der Waals surface area contributed by atoms with Crippen LogP contribution in [0.1, 0.15) is 64.3 Å². The molecule has 0 atom stereocenters. The second kappa shape index (κ2) is 15.2. The van der Waals surface area contributed by atoms with E-state index in [0.29, 0.717) is 0 Å². The first kappa shape index (κ1) is 30.9. The number of aromatic amines is 2. The molecule has 4 nitrogen and oxygen atoms in total. The van der Waals surface area contributed by atoms with E-state index in [2.05, 4.69) is 80.3 Å². The third-order valence-electron chi connectivity index (χ3n) is 3.07. The van der Waals surface area contributed by atoms with Crippen LogP contribution in [0, 0.1) is 26.0 Å². The van der Waals surface area contributed by atoms with Crippen molar-refractivity contribution in [2.24, 2.45) is 0 Å². The summed E-state index contributed by atoms with van der Waals surface area (Å²) in [4.78, 5) is 6.52. The summed E-state index contributed by atoms with van der Waals surface area (Å²) in [5.41, 5.74) is 5.11. The molecule has 5 heteroatoms. The molecule has 0 aliphatic rings. The molecule has 0 fully saturated rings. The fourth-order valence-corrected chi connectivity index (χ4v) is 1.74. The van der Waals surface area contributed by atoms with Crippen molar-refractivity contribution < 1.29 is 21.7 Å². The maximum atomic E-state index is 3.50. The zero-order valence-electron chi connectivity index (χ0n) is 19.5. The molecule has 152 valence electrons. The van der Waals surface area contributed by atoms with Crippen LogP contribution in [0.2, 0.25) is 0 Å². The normalized spacial score (nSPS) is 10.2. The molecule has 2 heterocycles. The van der Waals surface area contributed by atoms with Crippen molar-refractivity contribution in [1.29, 1.82) is 0 Å². The SMILES string of the molecule is CC(C)(C)c1[c-]cc(C(C)(C)C)[nH]1.C[N-]C.C[N-]C.Cc1[c-]cc(C)[nH]1.[Ti+4]. The zero-order valence-corrected chi connectivity index (χ0v) is 21.1. The van der Waals surface area contributed by atoms with Crippen molar-refractivity contribution in [3.05, 3.63) is 57.7 Å². The van der Waals surface area contributed by atoms with E-state index in [4.69, 9.17) is 0 Å². The van der Waals surface area contributed by atoms with Gasteiger partial charge in [0.25, 0.3) is 0 Å². The molecule has 0 spiro atoms. The van der Waals surface area contributed by atoms with E-state index in [-0.39, 0.29) is 32.5 Å². The number of aromatic nitrogens is 2. The minimum Gasteiger partial charge on any atom is -0.668 e. The number of hydrogen-bond acceptors (Lipinski definition) is 0. The fraction of sp³-hybridized carbons (Fsp3) is 0.636. The monoisotopic (exact) mass is 408 g/mol. The quantitative estimate of drug-likeness (QED) is 0.392. The molecular formula is C22H40N4Ti. The maximum absolute atomic E-state index is 3.50. The Kier molecular flexibility index (Phi) is 17.3. The number of nitrogens with zero attached hydrogens (tertiary/aromatic N) is 2. The first-order valence-corrected chi connectivity index (χ1v) is 8.94. The molecule has 0 unspecified atom stereocenters. The van der Waals surface area contributed by atoms with Crippen molar-refractivity contribution in [3.8, 4) is 0 Å². The molecule has 2 aromatic rings. The Bertz CT molecular complexity index is 525. The first-order chi connectivity index (χ1) is 11.8. The van der Waals surface area contributed by atoms with Gasteiger partial charge < -0.3 is 20.6 Å². The van der Waals surface area contributed by atoms with E-state index < -0.39 is 0 Å². The molecule has 2 N–H and O–H groups in total. The van der Waals surface area contributed by atoms with Crippen LogP contribution >= 0.6 is 0 Å². The average molecular weight is 408 g/mol. The Hall–Kier alpha value is -0.806. The standard InChI is InChI=1S/C12H20N.C6H8N.2C2H6N.Ti/c1-11(2,3)9-7-8-10(13-9)12(4,5)6;1-5-3-4-6(2)7-5;2*1-3-2;/h7,13H,1-6H3;3,7H,1-2H3;2*1-2H3;/q4*-1;+4. The smallest absolute Gasteiger partial charge is 0.668 e. The molecule has 0 saturated carbocycles. The van der Waals surface area contributed by atoms with Crippen molar-refractivity contribution in [1.82, 2.24) is 9.97 Å². The predicted octanol–water partition coefficient (Wildman–Crippen LogP) is 6.08. The topological polar surface area (TPSA) is 59.8 Å². The molecule has 0 saturated heterocycles. The molecule has 0 bridgehead atoms. The van der Waals surface area contributed by atoms with Crippen molar-refractivity contribution in [2.45, 2.75) is 66.2 Å². The van der Waals surface area contributed by atoms with Gasteiger partial charge in [-0.15, -0.1) is 11.4 Å². The minimum absolute atomic E-state index is 0. The van der Waals surface area contributed by atoms with E-state index >= 15 is 0 Å². The Morgan fingerprint density at radius 3 is 1.33 bits per heavy atom. The fourth-order valence-electron chi connectivity index (χ4n) is 1.74. The molecule has 0 amide bonds. The Morgan fingerprint density at radius 2 is 1.19 bits per heavy atom. The van der Waals surface area contributed by atoms with Crippen molar-refractivity contribution in [3.63, 3.8) is 0 Å². The van der Waals surface area contributed by atoms with Crippen molar-refractivity contribution >= 4 is 0 Å². The summed E-state index contributed by atoms with van der Waals surface area (Å²) in [6, 6.07) is 10.3. The Morgan fingerprint density at radius 1 is 0.741 bits per heavy atom. The van der Waals surface area contributed by atoms with Gasteiger partial charge in [-0.05, 0) is 12.3 Å². The van der Waals surface area contributed by atoms with Gasteiger partial charge in [-0.1, -0.05) is 65.3 Å². The summed E-state index contributed by atoms with van der Waals surface area (Å²) in [7, 11) is 7.00. The average Bonchev–Trinajstić information content (AvgIpc) is 3.09. The van der Waals surface area contributed by atoms with E-state index in [9.17, 15) is 0 Å². The minimum atomic E-state index is 0. The van der Waals surface area contributed by atoms with Crippen molar-refractivity contribution in [2.75, 3.05) is 28.2 Å². The van der Waals surface area contributed by atoms with Gasteiger partial charge >= 0.3 is 21.7 Å². The summed E-state index contributed by atoms with van der Waals surface area (Å²) in [5, 5.41) is 7.00. The van der Waals surface area contributed by atoms with Crippen LogP contribution < -0.4 is 0 Å². The summed E-state index contributed by atoms with van der Waals surface area (Å²) < 4.78 is 0. The number of aryl methyl sites for hydroxylation is 2. The molecule has 2 rings (SSSR count). The van der Waals surface area contributed by atoms with Gasteiger partial charge in [-0.25, -0.2) is 24.3 Å².